The number of amides is 1. The molecule has 174 valence electrons. The summed E-state index contributed by atoms with van der Waals surface area (Å²) in [5, 5.41) is 8.94. The third-order valence-electron chi connectivity index (χ3n) is 6.59. The first-order chi connectivity index (χ1) is 16.0. The Hall–Kier alpha value is -3.22. The van der Waals surface area contributed by atoms with Crippen LogP contribution in [0.3, 0.4) is 0 Å². The van der Waals surface area contributed by atoms with Crippen LogP contribution in [0.2, 0.25) is 0 Å². The Morgan fingerprint density at radius 3 is 2.55 bits per heavy atom. The first kappa shape index (κ1) is 23.0. The van der Waals surface area contributed by atoms with E-state index in [2.05, 4.69) is 11.1 Å². The molecule has 2 aliphatic rings. The van der Waals surface area contributed by atoms with Crippen molar-refractivity contribution < 1.29 is 24.2 Å². The number of fused-ring (bicyclic) bond motifs is 1. The number of ketones is 1. The fourth-order valence-corrected chi connectivity index (χ4v) is 4.81. The molecule has 1 amide bonds. The zero-order valence-corrected chi connectivity index (χ0v) is 18.7. The van der Waals surface area contributed by atoms with E-state index in [9.17, 15) is 14.4 Å². The van der Waals surface area contributed by atoms with Crippen molar-refractivity contribution in [1.82, 2.24) is 9.88 Å². The molecule has 0 unspecified atom stereocenters. The highest BCUT2D eigenvalue weighted by Gasteiger charge is 2.28. The van der Waals surface area contributed by atoms with Gasteiger partial charge in [0, 0.05) is 44.7 Å². The number of aromatic nitrogens is 1. The maximum absolute atomic E-state index is 12.7. The third-order valence-corrected chi connectivity index (χ3v) is 6.59. The predicted molar refractivity (Wildman–Crippen MR) is 122 cm³/mol. The summed E-state index contributed by atoms with van der Waals surface area (Å²) in [6.07, 6.45) is 7.72. The molecule has 1 aliphatic carbocycles. The minimum absolute atomic E-state index is 0.128. The summed E-state index contributed by atoms with van der Waals surface area (Å²) in [7, 11) is 0. The molecule has 0 atom stereocenters. The monoisotopic (exact) mass is 450 g/mol. The van der Waals surface area contributed by atoms with E-state index < -0.39 is 5.97 Å². The Morgan fingerprint density at radius 2 is 1.82 bits per heavy atom. The summed E-state index contributed by atoms with van der Waals surface area (Å²) in [6, 6.07) is 9.82. The third kappa shape index (κ3) is 6.40. The molecule has 1 saturated carbocycles. The molecule has 1 fully saturated rings. The Labute approximate surface area is 193 Å². The van der Waals surface area contributed by atoms with Crippen LogP contribution in [0.5, 0.6) is 0 Å². The number of rotatable bonds is 7. The van der Waals surface area contributed by atoms with Crippen LogP contribution in [-0.2, 0) is 40.1 Å². The van der Waals surface area contributed by atoms with Gasteiger partial charge in [-0.15, -0.1) is 0 Å². The molecular formula is C26H30N2O5. The number of hydrogen-bond donors (Lipinski definition) is 1. The second-order valence-electron chi connectivity index (χ2n) is 9.15. The van der Waals surface area contributed by atoms with Gasteiger partial charge in [0.15, 0.2) is 0 Å². The minimum atomic E-state index is -0.761. The van der Waals surface area contributed by atoms with Crippen molar-refractivity contribution in [2.24, 2.45) is 5.92 Å². The van der Waals surface area contributed by atoms with Gasteiger partial charge in [0.05, 0.1) is 0 Å². The van der Waals surface area contributed by atoms with Crippen LogP contribution >= 0.6 is 0 Å². The molecule has 4 rings (SSSR count). The smallest absolute Gasteiger partial charge is 0.410 e. The van der Waals surface area contributed by atoms with Gasteiger partial charge in [-0.05, 0) is 66.3 Å². The quantitative estimate of drug-likeness (QED) is 0.686. The topological polar surface area (TPSA) is 96.8 Å². The minimum Gasteiger partial charge on any atom is -0.481 e. The lowest BCUT2D eigenvalue weighted by Crippen LogP contribution is -2.39. The number of carboxylic acid groups (broad SMARTS) is 1. The fraction of sp³-hybridized carbons (Fsp3) is 0.462. The SMILES string of the molecule is O=C(O)CC1CCC(OC(=O)N2CCc3cc(CC(=O)Cc4cccnc4)ccc3C2)CC1. The maximum Gasteiger partial charge on any atom is 0.410 e. The van der Waals surface area contributed by atoms with Crippen LogP contribution in [0, 0.1) is 5.92 Å². The molecule has 7 nitrogen and oxygen atoms in total. The molecule has 33 heavy (non-hydrogen) atoms. The summed E-state index contributed by atoms with van der Waals surface area (Å²) in [5.41, 5.74) is 4.19. The number of carboxylic acids is 1. The number of aliphatic carboxylic acids is 1. The fourth-order valence-electron chi connectivity index (χ4n) is 4.81. The number of nitrogens with zero attached hydrogens (tertiary/aromatic N) is 2. The van der Waals surface area contributed by atoms with Crippen molar-refractivity contribution in [3.8, 4) is 0 Å². The van der Waals surface area contributed by atoms with Gasteiger partial charge in [-0.1, -0.05) is 24.3 Å². The predicted octanol–water partition coefficient (Wildman–Crippen LogP) is 3.96. The van der Waals surface area contributed by atoms with E-state index in [1.165, 1.54) is 5.56 Å². The van der Waals surface area contributed by atoms with E-state index in [1.54, 1.807) is 17.3 Å². The number of Topliss-reactive ketones (excluding diaryl/α,β-unsaturated/α-hetero) is 1. The number of carbonyl (C=O) groups excluding carboxylic acids is 2. The molecule has 2 heterocycles. The number of pyridine rings is 1. The van der Waals surface area contributed by atoms with Crippen molar-refractivity contribution in [3.05, 3.63) is 65.0 Å². The van der Waals surface area contributed by atoms with Crippen LogP contribution in [0.25, 0.3) is 0 Å². The van der Waals surface area contributed by atoms with E-state index in [-0.39, 0.29) is 30.3 Å². The average molecular weight is 451 g/mol. The molecule has 2 aromatic rings. The molecule has 0 spiro atoms. The van der Waals surface area contributed by atoms with Crippen LogP contribution < -0.4 is 0 Å². The van der Waals surface area contributed by atoms with Gasteiger partial charge in [0.1, 0.15) is 11.9 Å². The van der Waals surface area contributed by atoms with Gasteiger partial charge in [-0.3, -0.25) is 14.6 Å². The van der Waals surface area contributed by atoms with Gasteiger partial charge in [0.25, 0.3) is 0 Å². The van der Waals surface area contributed by atoms with Gasteiger partial charge in [-0.25, -0.2) is 4.79 Å². The number of hydrogen-bond acceptors (Lipinski definition) is 5. The normalized spacial score (nSPS) is 20.1. The lowest BCUT2D eigenvalue weighted by molar-refractivity contribution is -0.138. The van der Waals surface area contributed by atoms with Crippen molar-refractivity contribution in [2.75, 3.05) is 6.54 Å². The van der Waals surface area contributed by atoms with E-state index >= 15 is 0 Å². The molecule has 0 bridgehead atoms. The first-order valence-electron chi connectivity index (χ1n) is 11.6. The Morgan fingerprint density at radius 1 is 1.03 bits per heavy atom. The van der Waals surface area contributed by atoms with E-state index in [4.69, 9.17) is 9.84 Å². The highest BCUT2D eigenvalue weighted by Crippen LogP contribution is 2.29. The molecular weight excluding hydrogens is 420 g/mol. The van der Waals surface area contributed by atoms with Crippen molar-refractivity contribution in [3.63, 3.8) is 0 Å². The molecule has 1 aromatic heterocycles. The van der Waals surface area contributed by atoms with E-state index in [0.29, 0.717) is 25.9 Å². The zero-order valence-electron chi connectivity index (χ0n) is 18.7. The van der Waals surface area contributed by atoms with E-state index in [0.717, 1.165) is 48.8 Å². The highest BCUT2D eigenvalue weighted by molar-refractivity contribution is 5.83. The second kappa shape index (κ2) is 10.6. The molecule has 0 radical (unpaired) electrons. The molecule has 0 saturated heterocycles. The molecule has 7 heteroatoms. The average Bonchev–Trinajstić information content (AvgIpc) is 2.80. The summed E-state index contributed by atoms with van der Waals surface area (Å²) >= 11 is 0. The van der Waals surface area contributed by atoms with Crippen LogP contribution in [-0.4, -0.2) is 45.5 Å². The highest BCUT2D eigenvalue weighted by atomic mass is 16.6. The van der Waals surface area contributed by atoms with Crippen molar-refractivity contribution >= 4 is 17.8 Å². The number of ether oxygens (including phenoxy) is 1. The standard InChI is InChI=1S/C26H30N2O5/c29-23(14-20-2-1-10-27-16-20)13-19-3-6-22-17-28(11-9-21(22)12-19)26(32)33-24-7-4-18(5-8-24)15-25(30)31/h1-3,6,10,12,16,18,24H,4-5,7-9,11,13-15,17H2,(H,30,31). The molecule has 1 aliphatic heterocycles. The molecule has 1 N–H and O–H groups in total. The second-order valence-corrected chi connectivity index (χ2v) is 9.15. The number of carbonyl (C=O) groups is 3. The van der Waals surface area contributed by atoms with Crippen LogP contribution in [0.1, 0.15) is 54.4 Å². The van der Waals surface area contributed by atoms with Gasteiger partial charge < -0.3 is 14.7 Å². The van der Waals surface area contributed by atoms with E-state index in [1.807, 2.05) is 24.3 Å². The van der Waals surface area contributed by atoms with Crippen LogP contribution in [0.4, 0.5) is 4.79 Å². The maximum atomic E-state index is 12.7. The lowest BCUT2D eigenvalue weighted by atomic mass is 9.85. The van der Waals surface area contributed by atoms with Gasteiger partial charge in [-0.2, -0.15) is 0 Å². The summed E-state index contributed by atoms with van der Waals surface area (Å²) in [4.78, 5) is 41.8. The number of benzene rings is 1. The van der Waals surface area contributed by atoms with Gasteiger partial charge in [0.2, 0.25) is 0 Å². The zero-order chi connectivity index (χ0) is 23.2. The Kier molecular flexibility index (Phi) is 7.37. The Bertz CT molecular complexity index is 999. The lowest BCUT2D eigenvalue weighted by Gasteiger charge is -2.32. The van der Waals surface area contributed by atoms with Gasteiger partial charge >= 0.3 is 12.1 Å². The van der Waals surface area contributed by atoms with Crippen molar-refractivity contribution in [1.29, 1.82) is 0 Å². The molecule has 1 aromatic carbocycles. The van der Waals surface area contributed by atoms with Crippen molar-refractivity contribution in [2.45, 2.75) is 64.0 Å². The largest absolute Gasteiger partial charge is 0.481 e. The summed E-state index contributed by atoms with van der Waals surface area (Å²) in [5.74, 6) is -0.421. The Balaban J connectivity index is 1.27. The van der Waals surface area contributed by atoms with Crippen LogP contribution in [0.15, 0.2) is 42.7 Å². The first-order valence-corrected chi connectivity index (χ1v) is 11.6. The summed E-state index contributed by atoms with van der Waals surface area (Å²) in [6.45, 7) is 1.10. The summed E-state index contributed by atoms with van der Waals surface area (Å²) < 4.78 is 5.72.